The summed E-state index contributed by atoms with van der Waals surface area (Å²) in [4.78, 5) is 15.4. The first-order valence-corrected chi connectivity index (χ1v) is 7.00. The number of alkyl halides is 3. The van der Waals surface area contributed by atoms with Gasteiger partial charge in [0.15, 0.2) is 11.5 Å². The topological polar surface area (TPSA) is 72.2 Å². The molecule has 3 aromatic rings. The van der Waals surface area contributed by atoms with Crippen molar-refractivity contribution in [2.75, 3.05) is 0 Å². The number of rotatable bonds is 3. The van der Waals surface area contributed by atoms with E-state index in [0.717, 1.165) is 18.3 Å². The maximum atomic E-state index is 12.5. The van der Waals surface area contributed by atoms with Crippen LogP contribution in [0.1, 0.15) is 34.8 Å². The van der Waals surface area contributed by atoms with Gasteiger partial charge in [-0.05, 0) is 31.2 Å². The Morgan fingerprint density at radius 1 is 1.21 bits per heavy atom. The number of pyridine rings is 2. The van der Waals surface area contributed by atoms with Crippen LogP contribution in [0.3, 0.4) is 0 Å². The molecule has 3 rings (SSSR count). The number of nitrogens with one attached hydrogen (secondary N) is 1. The lowest BCUT2D eigenvalue weighted by Gasteiger charge is -2.12. The van der Waals surface area contributed by atoms with Gasteiger partial charge in [0.1, 0.15) is 5.69 Å². The number of carbonyl (C=O) groups excluding carboxylic acids is 1. The molecule has 0 aromatic carbocycles. The number of amides is 1. The SMILES string of the molecule is CC(NC(=O)c1ccc(C(F)(F)F)nc1)c1nnc2ccccn12. The van der Waals surface area contributed by atoms with Gasteiger partial charge in [0, 0.05) is 12.4 Å². The first-order chi connectivity index (χ1) is 11.4. The molecule has 1 N–H and O–H groups in total. The van der Waals surface area contributed by atoms with Crippen molar-refractivity contribution >= 4 is 11.6 Å². The third-order valence-corrected chi connectivity index (χ3v) is 3.39. The van der Waals surface area contributed by atoms with E-state index in [4.69, 9.17) is 0 Å². The Labute approximate surface area is 134 Å². The molecule has 0 aliphatic rings. The largest absolute Gasteiger partial charge is 0.433 e. The molecule has 0 saturated heterocycles. The van der Waals surface area contributed by atoms with E-state index in [1.165, 1.54) is 0 Å². The van der Waals surface area contributed by atoms with E-state index < -0.39 is 23.8 Å². The number of aromatic nitrogens is 4. The van der Waals surface area contributed by atoms with Crippen LogP contribution in [0.15, 0.2) is 42.7 Å². The summed E-state index contributed by atoms with van der Waals surface area (Å²) in [5.74, 6) is -0.0322. The molecule has 0 aliphatic heterocycles. The molecule has 124 valence electrons. The normalized spacial score (nSPS) is 13.0. The lowest BCUT2D eigenvalue weighted by Crippen LogP contribution is -2.28. The van der Waals surface area contributed by atoms with Crippen LogP contribution in [0.5, 0.6) is 0 Å². The predicted octanol–water partition coefficient (Wildman–Crippen LogP) is 2.63. The van der Waals surface area contributed by atoms with E-state index >= 15 is 0 Å². The number of nitrogens with zero attached hydrogens (tertiary/aromatic N) is 4. The molecule has 0 aliphatic carbocycles. The maximum absolute atomic E-state index is 12.5. The maximum Gasteiger partial charge on any atom is 0.433 e. The molecule has 24 heavy (non-hydrogen) atoms. The monoisotopic (exact) mass is 335 g/mol. The Morgan fingerprint density at radius 3 is 2.67 bits per heavy atom. The summed E-state index contributed by atoms with van der Waals surface area (Å²) in [5, 5.41) is 10.7. The van der Waals surface area contributed by atoms with Crippen molar-refractivity contribution < 1.29 is 18.0 Å². The quantitative estimate of drug-likeness (QED) is 0.799. The van der Waals surface area contributed by atoms with E-state index in [9.17, 15) is 18.0 Å². The van der Waals surface area contributed by atoms with Crippen molar-refractivity contribution in [2.24, 2.45) is 0 Å². The smallest absolute Gasteiger partial charge is 0.342 e. The van der Waals surface area contributed by atoms with E-state index in [0.29, 0.717) is 11.5 Å². The minimum atomic E-state index is -4.54. The van der Waals surface area contributed by atoms with Crippen LogP contribution in [0, 0.1) is 0 Å². The summed E-state index contributed by atoms with van der Waals surface area (Å²) in [6.45, 7) is 1.71. The Bertz CT molecular complexity index is 873. The molecule has 1 amide bonds. The van der Waals surface area contributed by atoms with Crippen molar-refractivity contribution in [3.63, 3.8) is 0 Å². The second-order valence-corrected chi connectivity index (χ2v) is 5.11. The molecule has 0 saturated carbocycles. The van der Waals surface area contributed by atoms with Gasteiger partial charge in [-0.15, -0.1) is 10.2 Å². The Hall–Kier alpha value is -2.97. The molecule has 0 bridgehead atoms. The van der Waals surface area contributed by atoms with Gasteiger partial charge in [-0.2, -0.15) is 13.2 Å². The Kier molecular flexibility index (Phi) is 3.92. The van der Waals surface area contributed by atoms with Crippen molar-refractivity contribution in [2.45, 2.75) is 19.1 Å². The third-order valence-electron chi connectivity index (χ3n) is 3.39. The molecule has 3 aromatic heterocycles. The van der Waals surface area contributed by atoms with Gasteiger partial charge in [-0.3, -0.25) is 14.2 Å². The molecule has 6 nitrogen and oxygen atoms in total. The zero-order chi connectivity index (χ0) is 17.3. The molecular weight excluding hydrogens is 323 g/mol. The van der Waals surface area contributed by atoms with Crippen molar-refractivity contribution in [1.82, 2.24) is 24.9 Å². The van der Waals surface area contributed by atoms with Gasteiger partial charge in [-0.25, -0.2) is 0 Å². The summed E-state index contributed by atoms with van der Waals surface area (Å²) in [7, 11) is 0. The highest BCUT2D eigenvalue weighted by Gasteiger charge is 2.32. The van der Waals surface area contributed by atoms with E-state index in [-0.39, 0.29) is 5.56 Å². The summed E-state index contributed by atoms with van der Waals surface area (Å²) in [6, 6.07) is 6.74. The average Bonchev–Trinajstić information content (AvgIpc) is 2.98. The van der Waals surface area contributed by atoms with E-state index in [1.807, 2.05) is 6.07 Å². The van der Waals surface area contributed by atoms with E-state index in [1.54, 1.807) is 29.7 Å². The first kappa shape index (κ1) is 15.9. The molecule has 9 heteroatoms. The Balaban J connectivity index is 1.77. The molecular formula is C15H12F3N5O. The molecule has 0 fully saturated rings. The summed E-state index contributed by atoms with van der Waals surface area (Å²) in [5.41, 5.74) is -0.385. The van der Waals surface area contributed by atoms with Gasteiger partial charge < -0.3 is 5.32 Å². The fraction of sp³-hybridized carbons (Fsp3) is 0.200. The number of carbonyl (C=O) groups is 1. The third kappa shape index (κ3) is 3.05. The van der Waals surface area contributed by atoms with Crippen molar-refractivity contribution in [1.29, 1.82) is 0 Å². The number of hydrogen-bond donors (Lipinski definition) is 1. The van der Waals surface area contributed by atoms with Gasteiger partial charge in [0.05, 0.1) is 11.6 Å². The van der Waals surface area contributed by atoms with E-state index in [2.05, 4.69) is 20.5 Å². The second kappa shape index (κ2) is 5.91. The molecule has 1 unspecified atom stereocenters. The van der Waals surface area contributed by atoms with Gasteiger partial charge in [0.25, 0.3) is 5.91 Å². The highest BCUT2D eigenvalue weighted by atomic mass is 19.4. The fourth-order valence-corrected chi connectivity index (χ4v) is 2.20. The zero-order valence-electron chi connectivity index (χ0n) is 12.4. The highest BCUT2D eigenvalue weighted by molar-refractivity contribution is 5.94. The van der Waals surface area contributed by atoms with Crippen LogP contribution >= 0.6 is 0 Å². The standard InChI is InChI=1S/C15H12F3N5O/c1-9(13-22-21-12-4-2-3-7-23(12)13)20-14(24)10-5-6-11(19-8-10)15(16,17)18/h2-9H,1H3,(H,20,24). The predicted molar refractivity (Wildman–Crippen MR) is 78.1 cm³/mol. The molecule has 0 spiro atoms. The van der Waals surface area contributed by atoms with Crippen LogP contribution in [-0.4, -0.2) is 25.5 Å². The van der Waals surface area contributed by atoms with Crippen LogP contribution < -0.4 is 5.32 Å². The molecule has 1 atom stereocenters. The first-order valence-electron chi connectivity index (χ1n) is 7.00. The number of hydrogen-bond acceptors (Lipinski definition) is 4. The lowest BCUT2D eigenvalue weighted by molar-refractivity contribution is -0.141. The minimum absolute atomic E-state index is 0.0312. The number of halogens is 3. The Morgan fingerprint density at radius 2 is 2.00 bits per heavy atom. The van der Waals surface area contributed by atoms with Gasteiger partial charge in [0.2, 0.25) is 0 Å². The minimum Gasteiger partial charge on any atom is -0.342 e. The number of fused-ring (bicyclic) bond motifs is 1. The lowest BCUT2D eigenvalue weighted by atomic mass is 10.2. The van der Waals surface area contributed by atoms with Crippen LogP contribution in [0.4, 0.5) is 13.2 Å². The van der Waals surface area contributed by atoms with Crippen LogP contribution in [0.2, 0.25) is 0 Å². The van der Waals surface area contributed by atoms with Crippen molar-refractivity contribution in [3.05, 3.63) is 59.8 Å². The van der Waals surface area contributed by atoms with Gasteiger partial charge in [-0.1, -0.05) is 6.07 Å². The highest BCUT2D eigenvalue weighted by Crippen LogP contribution is 2.27. The van der Waals surface area contributed by atoms with Gasteiger partial charge >= 0.3 is 6.18 Å². The zero-order valence-corrected chi connectivity index (χ0v) is 12.4. The summed E-state index contributed by atoms with van der Waals surface area (Å²) < 4.78 is 39.2. The molecule has 3 heterocycles. The fourth-order valence-electron chi connectivity index (χ4n) is 2.20. The molecule has 0 radical (unpaired) electrons. The second-order valence-electron chi connectivity index (χ2n) is 5.11. The van der Waals surface area contributed by atoms with Crippen molar-refractivity contribution in [3.8, 4) is 0 Å². The van der Waals surface area contributed by atoms with Crippen LogP contribution in [-0.2, 0) is 6.18 Å². The summed E-state index contributed by atoms with van der Waals surface area (Å²) in [6.07, 6.45) is -1.89. The average molecular weight is 335 g/mol. The van der Waals surface area contributed by atoms with Crippen LogP contribution in [0.25, 0.3) is 5.65 Å². The summed E-state index contributed by atoms with van der Waals surface area (Å²) >= 11 is 0.